The highest BCUT2D eigenvalue weighted by Crippen LogP contribution is 2.43. The van der Waals surface area contributed by atoms with E-state index in [4.69, 9.17) is 29.3 Å². The zero-order valence-corrected chi connectivity index (χ0v) is 33.8. The topological polar surface area (TPSA) is 77.6 Å². The number of hydrogen-bond acceptors (Lipinski definition) is 7. The normalized spacial score (nSPS) is 11.9. The van der Waals surface area contributed by atoms with Crippen LogP contribution in [0.4, 0.5) is 0 Å². The Labute approximate surface area is 358 Å². The van der Waals surface area contributed by atoms with Gasteiger partial charge in [0.15, 0.2) is 28.9 Å². The molecule has 0 bridgehead atoms. The van der Waals surface area contributed by atoms with Crippen LogP contribution in [0, 0.1) is 0 Å². The molecule has 0 unspecified atom stereocenters. The first kappa shape index (κ1) is 34.7. The standard InChI is InChI=1S/C55H31N5OS/c1-3-14-32(15-4-1)49-51-50(41-22-11-12-24-45(41)61-51)57-53(56-49)35-27-29-42-47(31-35)62-46-25-13-23-43(48(42)46)55-59-52(33-16-5-2-6-17-33)58-54(60-55)34-26-28-40-38-20-8-7-18-36(38)37-19-9-10-21-39(37)44(40)30-34/h1-31H. The molecule has 6 nitrogen and oxygen atoms in total. The van der Waals surface area contributed by atoms with Crippen LogP contribution in [0.25, 0.3) is 131 Å². The van der Waals surface area contributed by atoms with Crippen molar-refractivity contribution in [3.05, 3.63) is 188 Å². The van der Waals surface area contributed by atoms with Crippen LogP contribution in [0.3, 0.4) is 0 Å². The minimum absolute atomic E-state index is 0.625. The summed E-state index contributed by atoms with van der Waals surface area (Å²) in [7, 11) is 0. The summed E-state index contributed by atoms with van der Waals surface area (Å²) in [5, 5.41) is 10.5. The summed E-state index contributed by atoms with van der Waals surface area (Å²) in [6.07, 6.45) is 0. The van der Waals surface area contributed by atoms with Crippen molar-refractivity contribution >= 4 is 85.9 Å². The van der Waals surface area contributed by atoms with Gasteiger partial charge in [-0.15, -0.1) is 11.3 Å². The first-order valence-electron chi connectivity index (χ1n) is 20.6. The number of fused-ring (bicyclic) bond motifs is 12. The van der Waals surface area contributed by atoms with Gasteiger partial charge in [-0.3, -0.25) is 0 Å². The van der Waals surface area contributed by atoms with E-state index in [0.717, 1.165) is 70.2 Å². The zero-order chi connectivity index (χ0) is 40.7. The van der Waals surface area contributed by atoms with Crippen molar-refractivity contribution in [3.63, 3.8) is 0 Å². The number of thiophene rings is 1. The van der Waals surface area contributed by atoms with Gasteiger partial charge in [0.05, 0.1) is 0 Å². The molecule has 62 heavy (non-hydrogen) atoms. The second-order valence-corrected chi connectivity index (χ2v) is 16.6. The predicted molar refractivity (Wildman–Crippen MR) is 255 cm³/mol. The van der Waals surface area contributed by atoms with Crippen molar-refractivity contribution in [1.29, 1.82) is 0 Å². The lowest BCUT2D eigenvalue weighted by Crippen LogP contribution is -2.00. The van der Waals surface area contributed by atoms with Gasteiger partial charge in [0.25, 0.3) is 0 Å². The second-order valence-electron chi connectivity index (χ2n) is 15.6. The van der Waals surface area contributed by atoms with Gasteiger partial charge in [-0.05, 0) is 62.6 Å². The van der Waals surface area contributed by atoms with Gasteiger partial charge in [-0.25, -0.2) is 24.9 Å². The fourth-order valence-electron chi connectivity index (χ4n) is 9.05. The van der Waals surface area contributed by atoms with Gasteiger partial charge in [-0.2, -0.15) is 0 Å². The summed E-state index contributed by atoms with van der Waals surface area (Å²) in [6.45, 7) is 0. The largest absolute Gasteiger partial charge is 0.452 e. The van der Waals surface area contributed by atoms with Crippen LogP contribution < -0.4 is 0 Å². The molecule has 4 heterocycles. The molecule has 0 radical (unpaired) electrons. The number of benzene rings is 9. The minimum atomic E-state index is 0.625. The molecule has 0 aliphatic heterocycles. The molecule has 0 saturated carbocycles. The van der Waals surface area contributed by atoms with Crippen LogP contribution in [0.5, 0.6) is 0 Å². The van der Waals surface area contributed by atoms with Crippen molar-refractivity contribution < 1.29 is 4.42 Å². The highest BCUT2D eigenvalue weighted by Gasteiger charge is 2.21. The van der Waals surface area contributed by atoms with Crippen molar-refractivity contribution in [2.45, 2.75) is 0 Å². The lowest BCUT2D eigenvalue weighted by atomic mass is 9.93. The van der Waals surface area contributed by atoms with E-state index in [2.05, 4.69) is 133 Å². The molecule has 13 aromatic rings. The molecule has 0 N–H and O–H groups in total. The van der Waals surface area contributed by atoms with E-state index >= 15 is 0 Å². The first-order chi connectivity index (χ1) is 30.7. The van der Waals surface area contributed by atoms with Gasteiger partial charge < -0.3 is 4.42 Å². The molecule has 0 aliphatic rings. The molecule has 0 amide bonds. The SMILES string of the molecule is c1ccc(-c2nc(-c3ccc4c5ccccc5c5ccccc5c4c3)nc(-c3cccc4sc5cc(-c6nc(-c7ccccc7)c7oc8ccccc8c7n6)ccc5c34)n2)cc1. The number of para-hydroxylation sites is 1. The molecule has 9 aromatic carbocycles. The molecule has 0 saturated heterocycles. The van der Waals surface area contributed by atoms with E-state index < -0.39 is 0 Å². The van der Waals surface area contributed by atoms with E-state index in [1.807, 2.05) is 54.6 Å². The molecule has 0 spiro atoms. The Hall–Kier alpha value is -8.13. The first-order valence-corrected chi connectivity index (χ1v) is 21.4. The van der Waals surface area contributed by atoms with Gasteiger partial charge in [0, 0.05) is 53.4 Å². The number of aromatic nitrogens is 5. The third-order valence-electron chi connectivity index (χ3n) is 11.9. The average molecular weight is 810 g/mol. The van der Waals surface area contributed by atoms with E-state index in [0.29, 0.717) is 28.9 Å². The van der Waals surface area contributed by atoms with Crippen molar-refractivity contribution in [2.24, 2.45) is 0 Å². The number of nitrogens with zero attached hydrogens (tertiary/aromatic N) is 5. The van der Waals surface area contributed by atoms with E-state index in [1.165, 1.54) is 32.3 Å². The minimum Gasteiger partial charge on any atom is -0.452 e. The van der Waals surface area contributed by atoms with Gasteiger partial charge in [-0.1, -0.05) is 158 Å². The Balaban J connectivity index is 0.991. The van der Waals surface area contributed by atoms with Gasteiger partial charge in [0.2, 0.25) is 0 Å². The third-order valence-corrected chi connectivity index (χ3v) is 13.1. The highest BCUT2D eigenvalue weighted by atomic mass is 32.1. The number of hydrogen-bond donors (Lipinski definition) is 0. The maximum Gasteiger partial charge on any atom is 0.180 e. The third kappa shape index (κ3) is 5.45. The van der Waals surface area contributed by atoms with Crippen molar-refractivity contribution in [3.8, 4) is 56.8 Å². The monoisotopic (exact) mass is 809 g/mol. The molecule has 0 atom stereocenters. The van der Waals surface area contributed by atoms with Crippen LogP contribution in [0.1, 0.15) is 0 Å². The van der Waals surface area contributed by atoms with Crippen LogP contribution in [0.15, 0.2) is 192 Å². The summed E-state index contributed by atoms with van der Waals surface area (Å²) in [5.74, 6) is 2.52. The lowest BCUT2D eigenvalue weighted by molar-refractivity contribution is 0.667. The lowest BCUT2D eigenvalue weighted by Gasteiger charge is -2.13. The summed E-state index contributed by atoms with van der Waals surface area (Å²) in [6, 6.07) is 65.2. The molecule has 7 heteroatoms. The van der Waals surface area contributed by atoms with Gasteiger partial charge >= 0.3 is 0 Å². The Morgan fingerprint density at radius 3 is 1.61 bits per heavy atom. The fraction of sp³-hybridized carbons (Fsp3) is 0. The molecular weight excluding hydrogens is 779 g/mol. The summed E-state index contributed by atoms with van der Waals surface area (Å²) >= 11 is 1.75. The molecule has 13 rings (SSSR count). The quantitative estimate of drug-likeness (QED) is 0.161. The van der Waals surface area contributed by atoms with Crippen molar-refractivity contribution in [2.75, 3.05) is 0 Å². The van der Waals surface area contributed by atoms with Crippen molar-refractivity contribution in [1.82, 2.24) is 24.9 Å². The fourth-order valence-corrected chi connectivity index (χ4v) is 10.2. The molecule has 0 fully saturated rings. The maximum absolute atomic E-state index is 6.38. The van der Waals surface area contributed by atoms with E-state index in [-0.39, 0.29) is 0 Å². The summed E-state index contributed by atoms with van der Waals surface area (Å²) in [4.78, 5) is 25.9. The van der Waals surface area contributed by atoms with Crippen LogP contribution in [-0.2, 0) is 0 Å². The van der Waals surface area contributed by atoms with E-state index in [1.54, 1.807) is 11.3 Å². The van der Waals surface area contributed by atoms with E-state index in [9.17, 15) is 0 Å². The Morgan fingerprint density at radius 2 is 0.887 bits per heavy atom. The zero-order valence-electron chi connectivity index (χ0n) is 33.0. The van der Waals surface area contributed by atoms with Gasteiger partial charge in [0.1, 0.15) is 16.8 Å². The van der Waals surface area contributed by atoms with Crippen LogP contribution >= 0.6 is 11.3 Å². The number of rotatable bonds is 5. The smallest absolute Gasteiger partial charge is 0.180 e. The summed E-state index contributed by atoms with van der Waals surface area (Å²) in [5.41, 5.74) is 7.77. The average Bonchev–Trinajstić information content (AvgIpc) is 3.92. The highest BCUT2D eigenvalue weighted by molar-refractivity contribution is 7.26. The maximum atomic E-state index is 6.38. The Morgan fingerprint density at radius 1 is 0.339 bits per heavy atom. The van der Waals surface area contributed by atoms with Crippen LogP contribution in [-0.4, -0.2) is 24.9 Å². The Kier molecular flexibility index (Phi) is 7.67. The Bertz CT molecular complexity index is 3900. The second kappa shape index (κ2) is 13.7. The molecular formula is C55H31N5OS. The molecule has 4 aromatic heterocycles. The summed E-state index contributed by atoms with van der Waals surface area (Å²) < 4.78 is 8.65. The number of furan rings is 1. The molecule has 0 aliphatic carbocycles. The molecule has 288 valence electrons. The predicted octanol–water partition coefficient (Wildman–Crippen LogP) is 14.7. The van der Waals surface area contributed by atoms with Crippen LogP contribution in [0.2, 0.25) is 0 Å².